The van der Waals surface area contributed by atoms with Crippen molar-refractivity contribution in [3.05, 3.63) is 53.6 Å². The van der Waals surface area contributed by atoms with E-state index in [1.807, 2.05) is 6.20 Å². The average Bonchev–Trinajstić information content (AvgIpc) is 3.00. The first-order valence-corrected chi connectivity index (χ1v) is 6.76. The summed E-state index contributed by atoms with van der Waals surface area (Å²) in [5, 5.41) is 0. The van der Waals surface area contributed by atoms with E-state index in [-0.39, 0.29) is 0 Å². The molecule has 0 saturated heterocycles. The highest BCUT2D eigenvalue weighted by Gasteiger charge is 2.39. The van der Waals surface area contributed by atoms with Crippen LogP contribution in [0.3, 0.4) is 0 Å². The van der Waals surface area contributed by atoms with Gasteiger partial charge in [-0.15, -0.1) is 0 Å². The van der Waals surface area contributed by atoms with E-state index < -0.39 is 11.7 Å². The Bertz CT molecular complexity index is 578. The lowest BCUT2D eigenvalue weighted by Crippen LogP contribution is -2.05. The summed E-state index contributed by atoms with van der Waals surface area (Å²) in [6, 6.07) is 5.09. The van der Waals surface area contributed by atoms with Gasteiger partial charge in [0.2, 0.25) is 0 Å². The number of aromatic amines is 1. The van der Waals surface area contributed by atoms with Crippen molar-refractivity contribution in [2.24, 2.45) is 5.92 Å². The molecule has 1 aromatic carbocycles. The molecule has 3 rings (SSSR count). The number of nitrogens with one attached hydrogen (secondary N) is 1. The van der Waals surface area contributed by atoms with Crippen LogP contribution in [0.4, 0.5) is 13.2 Å². The average molecular weight is 296 g/mol. The third-order valence-corrected chi connectivity index (χ3v) is 3.72. The maximum absolute atomic E-state index is 12.4. The van der Waals surface area contributed by atoms with Crippen molar-refractivity contribution in [3.63, 3.8) is 0 Å². The molecule has 0 aliphatic heterocycles. The summed E-state index contributed by atoms with van der Waals surface area (Å²) in [7, 11) is 0. The van der Waals surface area contributed by atoms with Gasteiger partial charge in [0, 0.05) is 17.8 Å². The van der Waals surface area contributed by atoms with E-state index in [0.717, 1.165) is 29.8 Å². The monoisotopic (exact) mass is 296 g/mol. The summed E-state index contributed by atoms with van der Waals surface area (Å²) in [6.45, 7) is 0.953. The number of nitrogens with zero attached hydrogens (tertiary/aromatic N) is 1. The highest BCUT2D eigenvalue weighted by Crippen LogP contribution is 2.46. The summed E-state index contributed by atoms with van der Waals surface area (Å²) in [6.07, 6.45) is 0.258. The molecule has 0 bridgehead atoms. The van der Waals surface area contributed by atoms with Crippen molar-refractivity contribution in [1.82, 2.24) is 9.97 Å². The van der Waals surface area contributed by atoms with Gasteiger partial charge in [0.1, 0.15) is 0 Å². The predicted octanol–water partition coefficient (Wildman–Crippen LogP) is 3.75. The van der Waals surface area contributed by atoms with E-state index in [9.17, 15) is 13.2 Å². The summed E-state index contributed by atoms with van der Waals surface area (Å²) < 4.78 is 42.9. The first-order chi connectivity index (χ1) is 10.0. The van der Waals surface area contributed by atoms with Gasteiger partial charge in [-0.25, -0.2) is 4.98 Å². The van der Waals surface area contributed by atoms with E-state index in [1.54, 1.807) is 6.33 Å². The zero-order valence-electron chi connectivity index (χ0n) is 11.2. The lowest BCUT2D eigenvalue weighted by Gasteiger charge is -2.08. The molecule has 1 aliphatic rings. The van der Waals surface area contributed by atoms with Crippen LogP contribution in [0.1, 0.15) is 29.2 Å². The van der Waals surface area contributed by atoms with Crippen LogP contribution >= 0.6 is 0 Å². The van der Waals surface area contributed by atoms with Crippen LogP contribution in [0, 0.1) is 5.92 Å². The third kappa shape index (κ3) is 3.44. The molecule has 2 atom stereocenters. The molecular weight excluding hydrogens is 281 g/mol. The molecule has 0 spiro atoms. The summed E-state index contributed by atoms with van der Waals surface area (Å²) in [5.41, 5.74) is 1.24. The summed E-state index contributed by atoms with van der Waals surface area (Å²) in [5.74, 6) is 0.944. The van der Waals surface area contributed by atoms with Gasteiger partial charge < -0.3 is 9.72 Å². The second-order valence-electron chi connectivity index (χ2n) is 5.32. The Morgan fingerprint density at radius 3 is 2.62 bits per heavy atom. The first kappa shape index (κ1) is 14.1. The van der Waals surface area contributed by atoms with E-state index in [0.29, 0.717) is 25.0 Å². The number of rotatable bonds is 5. The molecular formula is C15H15F3N2O. The van der Waals surface area contributed by atoms with Gasteiger partial charge in [-0.1, -0.05) is 12.1 Å². The Morgan fingerprint density at radius 2 is 2.00 bits per heavy atom. The highest BCUT2D eigenvalue weighted by molar-refractivity contribution is 5.24. The molecule has 2 aromatic rings. The minimum Gasteiger partial charge on any atom is -0.376 e. The van der Waals surface area contributed by atoms with Crippen LogP contribution in [0.25, 0.3) is 0 Å². The minimum absolute atomic E-state index is 0.338. The van der Waals surface area contributed by atoms with Crippen molar-refractivity contribution in [1.29, 1.82) is 0 Å². The van der Waals surface area contributed by atoms with Crippen LogP contribution in [-0.4, -0.2) is 16.6 Å². The third-order valence-electron chi connectivity index (χ3n) is 3.72. The number of alkyl halides is 3. The molecule has 1 aliphatic carbocycles. The molecule has 112 valence electrons. The lowest BCUT2D eigenvalue weighted by molar-refractivity contribution is -0.137. The molecule has 1 heterocycles. The van der Waals surface area contributed by atoms with Gasteiger partial charge in [0.25, 0.3) is 0 Å². The molecule has 0 radical (unpaired) electrons. The maximum atomic E-state index is 12.4. The first-order valence-electron chi connectivity index (χ1n) is 6.76. The van der Waals surface area contributed by atoms with Crippen molar-refractivity contribution in [2.75, 3.05) is 6.61 Å². The number of benzene rings is 1. The van der Waals surface area contributed by atoms with Crippen LogP contribution in [0.5, 0.6) is 0 Å². The molecule has 1 fully saturated rings. The van der Waals surface area contributed by atoms with Gasteiger partial charge >= 0.3 is 6.18 Å². The second-order valence-corrected chi connectivity index (χ2v) is 5.32. The van der Waals surface area contributed by atoms with Crippen LogP contribution in [-0.2, 0) is 17.5 Å². The molecule has 0 amide bonds. The van der Waals surface area contributed by atoms with Gasteiger partial charge in [-0.2, -0.15) is 13.2 Å². The highest BCUT2D eigenvalue weighted by atomic mass is 19.4. The van der Waals surface area contributed by atoms with Gasteiger partial charge in [0.05, 0.1) is 25.1 Å². The molecule has 6 heteroatoms. The number of ether oxygens (including phenoxy) is 1. The van der Waals surface area contributed by atoms with Crippen molar-refractivity contribution >= 4 is 0 Å². The van der Waals surface area contributed by atoms with Crippen molar-refractivity contribution in [2.45, 2.75) is 25.1 Å². The number of hydrogen-bond donors (Lipinski definition) is 1. The Morgan fingerprint density at radius 1 is 1.24 bits per heavy atom. The maximum Gasteiger partial charge on any atom is 0.416 e. The number of aromatic nitrogens is 2. The SMILES string of the molecule is FC(F)(F)c1ccc(COCC2CC2c2cnc[nH]2)cc1. The number of imidazole rings is 1. The Labute approximate surface area is 120 Å². The largest absolute Gasteiger partial charge is 0.416 e. The van der Waals surface area contributed by atoms with Gasteiger partial charge in [-0.05, 0) is 30.0 Å². The van der Waals surface area contributed by atoms with Crippen LogP contribution < -0.4 is 0 Å². The smallest absolute Gasteiger partial charge is 0.376 e. The van der Waals surface area contributed by atoms with Gasteiger partial charge in [-0.3, -0.25) is 0 Å². The van der Waals surface area contributed by atoms with Crippen molar-refractivity contribution in [3.8, 4) is 0 Å². The fourth-order valence-corrected chi connectivity index (χ4v) is 2.40. The van der Waals surface area contributed by atoms with E-state index >= 15 is 0 Å². The number of H-pyrrole nitrogens is 1. The topological polar surface area (TPSA) is 37.9 Å². The quantitative estimate of drug-likeness (QED) is 0.912. The fraction of sp³-hybridized carbons (Fsp3) is 0.400. The zero-order chi connectivity index (χ0) is 14.9. The zero-order valence-corrected chi connectivity index (χ0v) is 11.2. The Hall–Kier alpha value is -1.82. The fourth-order valence-electron chi connectivity index (χ4n) is 2.40. The standard InChI is InChI=1S/C15H15F3N2O/c16-15(17,18)12-3-1-10(2-4-12)7-21-8-11-5-13(11)14-6-19-9-20-14/h1-4,6,9,11,13H,5,7-8H2,(H,19,20). The van der Waals surface area contributed by atoms with Crippen LogP contribution in [0.15, 0.2) is 36.8 Å². The lowest BCUT2D eigenvalue weighted by atomic mass is 10.1. The van der Waals surface area contributed by atoms with E-state index in [2.05, 4.69) is 9.97 Å². The molecule has 21 heavy (non-hydrogen) atoms. The minimum atomic E-state index is -4.29. The second kappa shape index (κ2) is 5.52. The molecule has 2 unspecified atom stereocenters. The number of halogens is 3. The molecule has 1 aromatic heterocycles. The van der Waals surface area contributed by atoms with Crippen molar-refractivity contribution < 1.29 is 17.9 Å². The van der Waals surface area contributed by atoms with E-state index in [4.69, 9.17) is 4.74 Å². The Kier molecular flexibility index (Phi) is 3.71. The molecule has 3 nitrogen and oxygen atoms in total. The normalized spacial score (nSPS) is 21.5. The summed E-state index contributed by atoms with van der Waals surface area (Å²) >= 11 is 0. The molecule has 1 saturated carbocycles. The van der Waals surface area contributed by atoms with Gasteiger partial charge in [0.15, 0.2) is 0 Å². The summed E-state index contributed by atoms with van der Waals surface area (Å²) in [4.78, 5) is 7.07. The van der Waals surface area contributed by atoms with Crippen LogP contribution in [0.2, 0.25) is 0 Å². The number of hydrogen-bond acceptors (Lipinski definition) is 2. The Balaban J connectivity index is 1.44. The van der Waals surface area contributed by atoms with E-state index in [1.165, 1.54) is 12.1 Å². The predicted molar refractivity (Wildman–Crippen MR) is 70.5 cm³/mol. The molecule has 1 N–H and O–H groups in total.